The van der Waals surface area contributed by atoms with E-state index in [0.717, 1.165) is 33.7 Å². The van der Waals surface area contributed by atoms with Crippen molar-refractivity contribution < 1.29 is 0 Å². The second kappa shape index (κ2) is 8.19. The molecule has 1 unspecified atom stereocenters. The molecule has 3 nitrogen and oxygen atoms in total. The van der Waals surface area contributed by atoms with E-state index >= 15 is 0 Å². The van der Waals surface area contributed by atoms with Crippen LogP contribution in [0.5, 0.6) is 0 Å². The summed E-state index contributed by atoms with van der Waals surface area (Å²) in [5, 5.41) is 18.5. The van der Waals surface area contributed by atoms with Crippen molar-refractivity contribution in [1.82, 2.24) is 0 Å². The molecule has 1 atom stereocenters. The molecule has 0 spiro atoms. The van der Waals surface area contributed by atoms with Gasteiger partial charge in [0.25, 0.3) is 0 Å². The summed E-state index contributed by atoms with van der Waals surface area (Å²) < 4.78 is 0. The lowest BCUT2D eigenvalue weighted by atomic mass is 9.97. The highest BCUT2D eigenvalue weighted by Crippen LogP contribution is 2.42. The SMILES string of the molecule is C=C(c1ccc(Cl)cc1)c1c(N(C(C)=N)C(=N)C(C)CC)sc(C)c1C. The van der Waals surface area contributed by atoms with Gasteiger partial charge in [0.1, 0.15) is 16.7 Å². The molecule has 1 heterocycles. The number of hydrogen-bond acceptors (Lipinski definition) is 3. The number of nitrogens with one attached hydrogen (secondary N) is 2. The zero-order valence-corrected chi connectivity index (χ0v) is 17.6. The number of amidine groups is 2. The largest absolute Gasteiger partial charge is 0.288 e. The van der Waals surface area contributed by atoms with Gasteiger partial charge in [-0.1, -0.05) is 44.2 Å². The van der Waals surface area contributed by atoms with Crippen LogP contribution in [0.1, 0.15) is 48.8 Å². The van der Waals surface area contributed by atoms with Crippen molar-refractivity contribution in [1.29, 1.82) is 10.8 Å². The van der Waals surface area contributed by atoms with Crippen LogP contribution in [0, 0.1) is 30.6 Å². The Balaban J connectivity index is 2.61. The summed E-state index contributed by atoms with van der Waals surface area (Å²) in [6.07, 6.45) is 0.861. The van der Waals surface area contributed by atoms with Crippen LogP contribution in [0.3, 0.4) is 0 Å². The Morgan fingerprint density at radius 2 is 1.81 bits per heavy atom. The van der Waals surface area contributed by atoms with Crippen molar-refractivity contribution in [3.05, 3.63) is 57.4 Å². The Hall–Kier alpha value is -1.91. The van der Waals surface area contributed by atoms with Crippen LogP contribution in [0.15, 0.2) is 30.8 Å². The number of rotatable bonds is 5. The maximum Gasteiger partial charge on any atom is 0.110 e. The van der Waals surface area contributed by atoms with Crippen LogP contribution in [0.4, 0.5) is 5.00 Å². The van der Waals surface area contributed by atoms with E-state index in [9.17, 15) is 0 Å². The number of thiophene rings is 1. The fourth-order valence-corrected chi connectivity index (χ4v) is 4.15. The summed E-state index contributed by atoms with van der Waals surface area (Å²) >= 11 is 7.64. The first-order valence-corrected chi connectivity index (χ1v) is 9.87. The first-order valence-electron chi connectivity index (χ1n) is 8.67. The summed E-state index contributed by atoms with van der Waals surface area (Å²) in [6.45, 7) is 14.3. The van der Waals surface area contributed by atoms with Crippen molar-refractivity contribution in [2.24, 2.45) is 5.92 Å². The van der Waals surface area contributed by atoms with Gasteiger partial charge in [0.2, 0.25) is 0 Å². The minimum atomic E-state index is 0.0784. The van der Waals surface area contributed by atoms with Gasteiger partial charge in [-0.25, -0.2) is 0 Å². The maximum absolute atomic E-state index is 8.61. The molecular formula is C21H26ClN3S. The minimum Gasteiger partial charge on any atom is -0.288 e. The van der Waals surface area contributed by atoms with Crippen molar-refractivity contribution >= 4 is 45.2 Å². The lowest BCUT2D eigenvalue weighted by molar-refractivity contribution is 0.726. The second-order valence-electron chi connectivity index (χ2n) is 6.56. The van der Waals surface area contributed by atoms with Gasteiger partial charge in [-0.05, 0) is 56.0 Å². The molecule has 138 valence electrons. The standard InChI is InChI=1S/C21H26ClN3S/c1-7-12(2)20(24)25(16(6)23)21-19(13(3)15(5)26-21)14(4)17-8-10-18(22)11-9-17/h8-12,23-24H,4,7H2,1-3,5-6H3. The van der Waals surface area contributed by atoms with Gasteiger partial charge >= 0.3 is 0 Å². The second-order valence-corrected chi connectivity index (χ2v) is 8.20. The van der Waals surface area contributed by atoms with Crippen molar-refractivity contribution in [3.63, 3.8) is 0 Å². The van der Waals surface area contributed by atoms with E-state index in [4.69, 9.17) is 22.4 Å². The normalized spacial score (nSPS) is 11.9. The quantitative estimate of drug-likeness (QED) is 0.425. The maximum atomic E-state index is 8.61. The van der Waals surface area contributed by atoms with Crippen LogP contribution in [0.2, 0.25) is 5.02 Å². The van der Waals surface area contributed by atoms with Gasteiger partial charge < -0.3 is 0 Å². The minimum absolute atomic E-state index is 0.0784. The van der Waals surface area contributed by atoms with E-state index in [1.54, 1.807) is 23.2 Å². The van der Waals surface area contributed by atoms with Gasteiger partial charge in [0.05, 0.1) is 0 Å². The number of nitrogens with zero attached hydrogens (tertiary/aromatic N) is 1. The summed E-state index contributed by atoms with van der Waals surface area (Å²) in [5.74, 6) is 0.878. The highest BCUT2D eigenvalue weighted by Gasteiger charge is 2.26. The third-order valence-electron chi connectivity index (χ3n) is 4.72. The van der Waals surface area contributed by atoms with Gasteiger partial charge in [-0.15, -0.1) is 11.3 Å². The molecule has 5 heteroatoms. The topological polar surface area (TPSA) is 50.9 Å². The van der Waals surface area contributed by atoms with Gasteiger partial charge in [-0.2, -0.15) is 0 Å². The molecule has 0 aliphatic carbocycles. The molecule has 26 heavy (non-hydrogen) atoms. The average Bonchev–Trinajstić information content (AvgIpc) is 2.88. The van der Waals surface area contributed by atoms with Crippen LogP contribution < -0.4 is 4.90 Å². The molecule has 1 aromatic heterocycles. The number of anilines is 1. The first-order chi connectivity index (χ1) is 12.2. The predicted octanol–water partition coefficient (Wildman–Crippen LogP) is 6.91. The molecule has 2 aromatic rings. The fourth-order valence-electron chi connectivity index (χ4n) is 2.77. The molecule has 2 rings (SSSR count). The first kappa shape index (κ1) is 20.4. The molecule has 0 aliphatic heterocycles. The smallest absolute Gasteiger partial charge is 0.110 e. The highest BCUT2D eigenvalue weighted by atomic mass is 35.5. The zero-order chi connectivity index (χ0) is 19.6. The predicted molar refractivity (Wildman–Crippen MR) is 116 cm³/mol. The summed E-state index contributed by atoms with van der Waals surface area (Å²) in [6, 6.07) is 7.64. The number of aryl methyl sites for hydroxylation is 1. The Bertz CT molecular complexity index is 849. The van der Waals surface area contributed by atoms with Gasteiger partial charge in [0.15, 0.2) is 0 Å². The van der Waals surface area contributed by atoms with E-state index < -0.39 is 0 Å². The highest BCUT2D eigenvalue weighted by molar-refractivity contribution is 7.17. The number of benzene rings is 1. The molecule has 0 saturated carbocycles. The molecule has 0 bridgehead atoms. The molecular weight excluding hydrogens is 362 g/mol. The third-order valence-corrected chi connectivity index (χ3v) is 6.16. The Morgan fingerprint density at radius 3 is 2.31 bits per heavy atom. The van der Waals surface area contributed by atoms with E-state index in [0.29, 0.717) is 16.7 Å². The summed E-state index contributed by atoms with van der Waals surface area (Å²) in [4.78, 5) is 2.93. The summed E-state index contributed by atoms with van der Waals surface area (Å²) in [7, 11) is 0. The van der Waals surface area contributed by atoms with Crippen molar-refractivity contribution in [2.75, 3.05) is 4.90 Å². The number of halogens is 1. The van der Waals surface area contributed by atoms with E-state index in [1.165, 1.54) is 4.88 Å². The lowest BCUT2D eigenvalue weighted by Gasteiger charge is -2.27. The van der Waals surface area contributed by atoms with Crippen LogP contribution in [-0.2, 0) is 0 Å². The molecule has 0 saturated heterocycles. The van der Waals surface area contributed by atoms with Crippen molar-refractivity contribution in [2.45, 2.75) is 41.0 Å². The molecule has 2 N–H and O–H groups in total. The van der Waals surface area contributed by atoms with Crippen LogP contribution in [0.25, 0.3) is 5.57 Å². The van der Waals surface area contributed by atoms with Gasteiger partial charge in [0, 0.05) is 21.4 Å². The molecule has 0 fully saturated rings. The van der Waals surface area contributed by atoms with Gasteiger partial charge in [-0.3, -0.25) is 15.7 Å². The molecule has 0 radical (unpaired) electrons. The molecule has 0 amide bonds. The Labute approximate surface area is 165 Å². The zero-order valence-electron chi connectivity index (χ0n) is 16.0. The van der Waals surface area contributed by atoms with E-state index in [-0.39, 0.29) is 5.92 Å². The average molecular weight is 388 g/mol. The van der Waals surface area contributed by atoms with Crippen LogP contribution in [-0.4, -0.2) is 11.7 Å². The summed E-state index contributed by atoms with van der Waals surface area (Å²) in [5.41, 5.74) is 4.04. The number of hydrogen-bond donors (Lipinski definition) is 2. The Kier molecular flexibility index (Phi) is 6.43. The molecule has 0 aliphatic rings. The van der Waals surface area contributed by atoms with Crippen LogP contribution >= 0.6 is 22.9 Å². The monoisotopic (exact) mass is 387 g/mol. The fraction of sp³-hybridized carbons (Fsp3) is 0.333. The Morgan fingerprint density at radius 1 is 1.23 bits per heavy atom. The van der Waals surface area contributed by atoms with E-state index in [2.05, 4.69) is 27.4 Å². The van der Waals surface area contributed by atoms with Crippen molar-refractivity contribution in [3.8, 4) is 0 Å². The lowest BCUT2D eigenvalue weighted by Crippen LogP contribution is -2.38. The third kappa shape index (κ3) is 3.92. The molecule has 1 aromatic carbocycles. The van der Waals surface area contributed by atoms with E-state index in [1.807, 2.05) is 31.2 Å².